The third-order valence-electron chi connectivity index (χ3n) is 0.432. The molecule has 0 heterocycles. The van der Waals surface area contributed by atoms with Crippen LogP contribution in [0.3, 0.4) is 0 Å². The second kappa shape index (κ2) is 9.77. The van der Waals surface area contributed by atoms with Crippen molar-refractivity contribution in [1.29, 1.82) is 5.41 Å². The minimum absolute atomic E-state index is 0.144. The van der Waals surface area contributed by atoms with Gasteiger partial charge >= 0.3 is 0 Å². The van der Waals surface area contributed by atoms with Crippen molar-refractivity contribution in [2.45, 2.75) is 0 Å². The number of isocyanates is 1. The average Bonchev–Trinajstić information content (AvgIpc) is 1.88. The van der Waals surface area contributed by atoms with E-state index in [1.807, 2.05) is 0 Å². The summed E-state index contributed by atoms with van der Waals surface area (Å²) in [6.45, 7) is 3.22. The third kappa shape index (κ3) is 20.7. The Bertz CT molecular complexity index is 125. The molecule has 0 saturated carbocycles. The summed E-state index contributed by atoms with van der Waals surface area (Å²) in [4.78, 5) is 18.3. The van der Waals surface area contributed by atoms with Crippen molar-refractivity contribution in [2.75, 3.05) is 7.05 Å². The minimum atomic E-state index is -0.144. The molecule has 0 atom stereocenters. The van der Waals surface area contributed by atoms with E-state index in [1.165, 1.54) is 6.08 Å². The summed E-state index contributed by atoms with van der Waals surface area (Å²) in [7, 11) is 1.56. The van der Waals surface area contributed by atoms with E-state index < -0.39 is 0 Å². The van der Waals surface area contributed by atoms with E-state index in [1.54, 1.807) is 7.05 Å². The fourth-order valence-corrected chi connectivity index (χ4v) is 0.102. The van der Waals surface area contributed by atoms with Gasteiger partial charge in [0.1, 0.15) is 0 Å². The zero-order valence-electron chi connectivity index (χ0n) is 5.10. The highest BCUT2D eigenvalue weighted by molar-refractivity contribution is 5.86. The monoisotopic (exact) mass is 128 g/mol. The smallest absolute Gasteiger partial charge is 0.243 e. The Labute approximate surface area is 53.1 Å². The van der Waals surface area contributed by atoms with E-state index in [0.717, 1.165) is 6.08 Å². The van der Waals surface area contributed by atoms with Crippen LogP contribution < -0.4 is 5.32 Å². The van der Waals surface area contributed by atoms with Crippen molar-refractivity contribution in [1.82, 2.24) is 5.32 Å². The molecule has 0 aromatic heterocycles. The second-order valence-electron chi connectivity index (χ2n) is 0.920. The maximum Gasteiger partial charge on any atom is 0.243 e. The molecule has 4 heteroatoms. The maximum absolute atomic E-state index is 9.95. The molecule has 0 bridgehead atoms. The van der Waals surface area contributed by atoms with Gasteiger partial charge in [0, 0.05) is 7.05 Å². The number of hydrogen-bond donors (Lipinski definition) is 2. The molecule has 0 unspecified atom stereocenters. The summed E-state index contributed by atoms with van der Waals surface area (Å²) in [6, 6.07) is 0. The molecule has 50 valence electrons. The lowest BCUT2D eigenvalue weighted by molar-refractivity contribution is -0.116. The number of carbonyl (C=O) groups excluding carboxylic acids is 2. The fraction of sp³-hybridized carbons (Fsp3) is 0.200. The Morgan fingerprint density at radius 2 is 2.22 bits per heavy atom. The Kier molecular flexibility index (Phi) is 11.5. The molecule has 0 aromatic carbocycles. The van der Waals surface area contributed by atoms with Crippen LogP contribution in [0.15, 0.2) is 12.7 Å². The van der Waals surface area contributed by atoms with Crippen molar-refractivity contribution >= 4 is 12.0 Å². The van der Waals surface area contributed by atoms with Gasteiger partial charge in [-0.3, -0.25) is 4.79 Å². The van der Waals surface area contributed by atoms with Crippen LogP contribution in [0.25, 0.3) is 0 Å². The molecule has 4 nitrogen and oxygen atoms in total. The van der Waals surface area contributed by atoms with Crippen LogP contribution in [0.1, 0.15) is 0 Å². The molecular formula is C5H8N2O2. The summed E-state index contributed by atoms with van der Waals surface area (Å²) in [6.07, 6.45) is 1.97. The van der Waals surface area contributed by atoms with Gasteiger partial charge in [-0.2, -0.15) is 0 Å². The number of hydrogen-bond acceptors (Lipinski definition) is 3. The highest BCUT2D eigenvalue weighted by Crippen LogP contribution is 1.56. The fourth-order valence-electron chi connectivity index (χ4n) is 0.102. The molecule has 0 aliphatic heterocycles. The quantitative estimate of drug-likeness (QED) is 0.292. The van der Waals surface area contributed by atoms with Crippen LogP contribution >= 0.6 is 0 Å². The first-order valence-electron chi connectivity index (χ1n) is 2.11. The van der Waals surface area contributed by atoms with Crippen molar-refractivity contribution < 1.29 is 9.59 Å². The van der Waals surface area contributed by atoms with Gasteiger partial charge in [0.2, 0.25) is 12.0 Å². The van der Waals surface area contributed by atoms with E-state index in [0.29, 0.717) is 0 Å². The van der Waals surface area contributed by atoms with Crippen LogP contribution in [0.2, 0.25) is 0 Å². The minimum Gasteiger partial charge on any atom is -0.356 e. The van der Waals surface area contributed by atoms with E-state index in [9.17, 15) is 4.79 Å². The predicted octanol–water partition coefficient (Wildman–Crippen LogP) is -0.181. The molecule has 0 aliphatic carbocycles. The first kappa shape index (κ1) is 10.5. The third-order valence-corrected chi connectivity index (χ3v) is 0.432. The van der Waals surface area contributed by atoms with Crippen molar-refractivity contribution in [2.24, 2.45) is 0 Å². The van der Waals surface area contributed by atoms with Crippen molar-refractivity contribution in [3.8, 4) is 0 Å². The average molecular weight is 128 g/mol. The number of nitrogens with one attached hydrogen (secondary N) is 2. The molecule has 1 amide bonds. The lowest BCUT2D eigenvalue weighted by Crippen LogP contribution is -2.13. The lowest BCUT2D eigenvalue weighted by Gasteiger charge is -1.82. The maximum atomic E-state index is 9.95. The van der Waals surface area contributed by atoms with Crippen LogP contribution in [0, 0.1) is 5.41 Å². The van der Waals surface area contributed by atoms with Gasteiger partial charge in [0.15, 0.2) is 0 Å². The first-order chi connectivity index (χ1) is 4.22. The zero-order valence-corrected chi connectivity index (χ0v) is 5.10. The summed E-state index contributed by atoms with van der Waals surface area (Å²) in [5.74, 6) is -0.144. The molecule has 0 spiro atoms. The molecule has 9 heavy (non-hydrogen) atoms. The molecule has 0 rings (SSSR count). The Hall–Kier alpha value is -1.41. The number of likely N-dealkylation sites (N-methyl/N-ethyl adjacent to an activating group) is 1. The molecular weight excluding hydrogens is 120 g/mol. The van der Waals surface area contributed by atoms with Gasteiger partial charge in [-0.25, -0.2) is 10.2 Å². The number of carbonyl (C=O) groups is 1. The normalized spacial score (nSPS) is 5.44. The summed E-state index contributed by atoms with van der Waals surface area (Å²) in [5, 5.41) is 7.76. The Morgan fingerprint density at radius 1 is 1.89 bits per heavy atom. The molecule has 0 aromatic rings. The standard InChI is InChI=1S/C4H7NO.CHNO/c1-3-4(6)5-2;2-1-3/h3H,1H2,2H3,(H,5,6);2H. The predicted molar refractivity (Wildman–Crippen MR) is 32.7 cm³/mol. The van der Waals surface area contributed by atoms with E-state index in [4.69, 9.17) is 10.2 Å². The molecule has 0 aliphatic rings. The lowest BCUT2D eigenvalue weighted by atomic mass is 10.6. The van der Waals surface area contributed by atoms with E-state index in [2.05, 4.69) is 11.9 Å². The topological polar surface area (TPSA) is 70.0 Å². The molecule has 0 radical (unpaired) electrons. The van der Waals surface area contributed by atoms with Crippen molar-refractivity contribution in [3.05, 3.63) is 12.7 Å². The molecule has 0 saturated heterocycles. The number of rotatable bonds is 1. The van der Waals surface area contributed by atoms with Crippen LogP contribution in [0.4, 0.5) is 0 Å². The second-order valence-corrected chi connectivity index (χ2v) is 0.920. The highest BCUT2D eigenvalue weighted by atomic mass is 16.1. The zero-order chi connectivity index (χ0) is 7.70. The van der Waals surface area contributed by atoms with Crippen LogP contribution in [-0.4, -0.2) is 19.0 Å². The SMILES string of the molecule is C=CC(=O)NC.N=C=O. The summed E-state index contributed by atoms with van der Waals surface area (Å²) < 4.78 is 0. The van der Waals surface area contributed by atoms with Gasteiger partial charge in [-0.15, -0.1) is 0 Å². The summed E-state index contributed by atoms with van der Waals surface area (Å²) in [5.41, 5.74) is 0. The van der Waals surface area contributed by atoms with Gasteiger partial charge in [0.25, 0.3) is 0 Å². The highest BCUT2D eigenvalue weighted by Gasteiger charge is 1.78. The van der Waals surface area contributed by atoms with Gasteiger partial charge in [0.05, 0.1) is 0 Å². The van der Waals surface area contributed by atoms with Crippen LogP contribution in [0.5, 0.6) is 0 Å². The van der Waals surface area contributed by atoms with E-state index in [-0.39, 0.29) is 5.91 Å². The summed E-state index contributed by atoms with van der Waals surface area (Å²) >= 11 is 0. The first-order valence-corrected chi connectivity index (χ1v) is 2.11. The molecule has 0 fully saturated rings. The van der Waals surface area contributed by atoms with Gasteiger partial charge < -0.3 is 5.32 Å². The van der Waals surface area contributed by atoms with E-state index >= 15 is 0 Å². The van der Waals surface area contributed by atoms with Gasteiger partial charge in [-0.1, -0.05) is 6.58 Å². The largest absolute Gasteiger partial charge is 0.356 e. The Balaban J connectivity index is 0. The van der Waals surface area contributed by atoms with Crippen molar-refractivity contribution in [3.63, 3.8) is 0 Å². The van der Waals surface area contributed by atoms with Crippen LogP contribution in [-0.2, 0) is 9.59 Å². The number of amides is 1. The molecule has 2 N–H and O–H groups in total. The Morgan fingerprint density at radius 3 is 2.22 bits per heavy atom. The van der Waals surface area contributed by atoms with Gasteiger partial charge in [-0.05, 0) is 6.08 Å².